The Morgan fingerprint density at radius 3 is 2.27 bits per heavy atom. The third-order valence-electron chi connectivity index (χ3n) is 2.00. The van der Waals surface area contributed by atoms with Crippen molar-refractivity contribution in [1.82, 2.24) is 0 Å². The normalized spacial score (nSPS) is 25.9. The van der Waals surface area contributed by atoms with Crippen LogP contribution >= 0.6 is 0 Å². The SMILES string of the molecule is CC1=CC(C)(C)/C(=C\O)C1=O. The van der Waals surface area contributed by atoms with E-state index in [0.29, 0.717) is 5.57 Å². The van der Waals surface area contributed by atoms with Gasteiger partial charge in [-0.05, 0) is 12.5 Å². The van der Waals surface area contributed by atoms with Crippen LogP contribution in [0.15, 0.2) is 23.5 Å². The fourth-order valence-corrected chi connectivity index (χ4v) is 1.41. The maximum Gasteiger partial charge on any atom is 0.188 e. The molecule has 60 valence electrons. The second-order valence-electron chi connectivity index (χ2n) is 3.42. The van der Waals surface area contributed by atoms with Gasteiger partial charge in [-0.25, -0.2) is 0 Å². The Bertz CT molecular complexity index is 257. The Kier molecular flexibility index (Phi) is 1.63. The Morgan fingerprint density at radius 1 is 1.55 bits per heavy atom. The molecule has 0 heterocycles. The minimum Gasteiger partial charge on any atom is -0.515 e. The van der Waals surface area contributed by atoms with Gasteiger partial charge in [-0.2, -0.15) is 0 Å². The van der Waals surface area contributed by atoms with Crippen molar-refractivity contribution >= 4 is 5.78 Å². The van der Waals surface area contributed by atoms with Crippen LogP contribution in [0.4, 0.5) is 0 Å². The summed E-state index contributed by atoms with van der Waals surface area (Å²) in [5, 5.41) is 8.77. The first-order valence-electron chi connectivity index (χ1n) is 3.58. The van der Waals surface area contributed by atoms with Gasteiger partial charge in [-0.3, -0.25) is 4.79 Å². The van der Waals surface area contributed by atoms with Crippen LogP contribution in [0.5, 0.6) is 0 Å². The molecule has 1 aliphatic carbocycles. The monoisotopic (exact) mass is 152 g/mol. The summed E-state index contributed by atoms with van der Waals surface area (Å²) in [4.78, 5) is 11.3. The maximum atomic E-state index is 11.3. The van der Waals surface area contributed by atoms with Gasteiger partial charge in [-0.1, -0.05) is 19.9 Å². The summed E-state index contributed by atoms with van der Waals surface area (Å²) in [7, 11) is 0. The van der Waals surface area contributed by atoms with E-state index >= 15 is 0 Å². The number of hydrogen-bond acceptors (Lipinski definition) is 2. The van der Waals surface area contributed by atoms with Gasteiger partial charge in [0.15, 0.2) is 5.78 Å². The molecule has 0 radical (unpaired) electrons. The van der Waals surface area contributed by atoms with Gasteiger partial charge in [0.2, 0.25) is 0 Å². The lowest BCUT2D eigenvalue weighted by atomic mass is 9.88. The summed E-state index contributed by atoms with van der Waals surface area (Å²) in [5.74, 6) is -0.0440. The number of carbonyl (C=O) groups excluding carboxylic acids is 1. The molecule has 0 bridgehead atoms. The highest BCUT2D eigenvalue weighted by atomic mass is 16.2. The van der Waals surface area contributed by atoms with E-state index in [1.165, 1.54) is 0 Å². The first-order chi connectivity index (χ1) is 4.99. The van der Waals surface area contributed by atoms with Gasteiger partial charge >= 0.3 is 0 Å². The fraction of sp³-hybridized carbons (Fsp3) is 0.444. The lowest BCUT2D eigenvalue weighted by Gasteiger charge is -2.14. The van der Waals surface area contributed by atoms with Crippen LogP contribution in [0.25, 0.3) is 0 Å². The Morgan fingerprint density at radius 2 is 2.09 bits per heavy atom. The topological polar surface area (TPSA) is 37.3 Å². The molecular weight excluding hydrogens is 140 g/mol. The van der Waals surface area contributed by atoms with E-state index in [1.807, 2.05) is 19.9 Å². The zero-order chi connectivity index (χ0) is 8.65. The number of allylic oxidation sites excluding steroid dienone is 3. The predicted octanol–water partition coefficient (Wildman–Crippen LogP) is 1.98. The summed E-state index contributed by atoms with van der Waals surface area (Å²) < 4.78 is 0. The number of hydrogen-bond donors (Lipinski definition) is 1. The van der Waals surface area contributed by atoms with Crippen molar-refractivity contribution in [3.05, 3.63) is 23.5 Å². The standard InChI is InChI=1S/C9H12O2/c1-6-4-9(2,3)7(5-10)8(6)11/h4-5,10H,1-3H3/b7-5-. The van der Waals surface area contributed by atoms with Crippen molar-refractivity contribution in [3.8, 4) is 0 Å². The van der Waals surface area contributed by atoms with Crippen molar-refractivity contribution in [2.24, 2.45) is 5.41 Å². The van der Waals surface area contributed by atoms with Crippen molar-refractivity contribution in [3.63, 3.8) is 0 Å². The van der Waals surface area contributed by atoms with E-state index in [2.05, 4.69) is 0 Å². The van der Waals surface area contributed by atoms with Gasteiger partial charge in [-0.15, -0.1) is 0 Å². The summed E-state index contributed by atoms with van der Waals surface area (Å²) in [6, 6.07) is 0. The average Bonchev–Trinajstić information content (AvgIpc) is 2.03. The first-order valence-corrected chi connectivity index (χ1v) is 3.58. The number of aliphatic hydroxyl groups is 1. The molecule has 1 N–H and O–H groups in total. The lowest BCUT2D eigenvalue weighted by molar-refractivity contribution is -0.112. The lowest BCUT2D eigenvalue weighted by Crippen LogP contribution is -2.11. The number of Topliss-reactive ketones (excluding diaryl/α,β-unsaturated/α-hetero) is 1. The maximum absolute atomic E-state index is 11.3. The predicted molar refractivity (Wildman–Crippen MR) is 43.3 cm³/mol. The number of carbonyl (C=O) groups is 1. The molecule has 0 saturated carbocycles. The molecule has 0 spiro atoms. The van der Waals surface area contributed by atoms with Crippen LogP contribution in [0.2, 0.25) is 0 Å². The third-order valence-corrected chi connectivity index (χ3v) is 2.00. The molecule has 2 nitrogen and oxygen atoms in total. The van der Waals surface area contributed by atoms with Crippen LogP contribution in [-0.2, 0) is 4.79 Å². The van der Waals surface area contributed by atoms with Gasteiger partial charge < -0.3 is 5.11 Å². The molecule has 2 heteroatoms. The largest absolute Gasteiger partial charge is 0.515 e. The van der Waals surface area contributed by atoms with Crippen LogP contribution in [-0.4, -0.2) is 10.9 Å². The van der Waals surface area contributed by atoms with Gasteiger partial charge in [0, 0.05) is 11.0 Å². The van der Waals surface area contributed by atoms with Gasteiger partial charge in [0.1, 0.15) is 0 Å². The number of rotatable bonds is 0. The molecule has 0 saturated heterocycles. The molecular formula is C9H12O2. The molecule has 0 unspecified atom stereocenters. The minimum atomic E-state index is -0.296. The highest BCUT2D eigenvalue weighted by Crippen LogP contribution is 2.37. The van der Waals surface area contributed by atoms with E-state index in [1.54, 1.807) is 6.92 Å². The van der Waals surface area contributed by atoms with Crippen molar-refractivity contribution < 1.29 is 9.90 Å². The average molecular weight is 152 g/mol. The van der Waals surface area contributed by atoms with Crippen LogP contribution < -0.4 is 0 Å². The summed E-state index contributed by atoms with van der Waals surface area (Å²) >= 11 is 0. The molecule has 0 aromatic heterocycles. The zero-order valence-corrected chi connectivity index (χ0v) is 7.01. The summed E-state index contributed by atoms with van der Waals surface area (Å²) in [6.45, 7) is 5.58. The van der Waals surface area contributed by atoms with Gasteiger partial charge in [0.25, 0.3) is 0 Å². The quantitative estimate of drug-likeness (QED) is 0.425. The van der Waals surface area contributed by atoms with Crippen molar-refractivity contribution in [2.45, 2.75) is 20.8 Å². The molecule has 0 atom stereocenters. The van der Waals surface area contributed by atoms with E-state index in [4.69, 9.17) is 5.11 Å². The smallest absolute Gasteiger partial charge is 0.188 e. The number of aliphatic hydroxyl groups excluding tert-OH is 1. The fourth-order valence-electron chi connectivity index (χ4n) is 1.41. The van der Waals surface area contributed by atoms with Crippen LogP contribution in [0.1, 0.15) is 20.8 Å². The Balaban J connectivity index is 3.15. The van der Waals surface area contributed by atoms with Crippen molar-refractivity contribution in [1.29, 1.82) is 0 Å². The molecule has 1 aliphatic rings. The van der Waals surface area contributed by atoms with E-state index in [-0.39, 0.29) is 11.2 Å². The summed E-state index contributed by atoms with van der Waals surface area (Å²) in [5.41, 5.74) is 0.904. The molecule has 0 aliphatic heterocycles. The Hall–Kier alpha value is -1.05. The van der Waals surface area contributed by atoms with Crippen LogP contribution in [0.3, 0.4) is 0 Å². The van der Waals surface area contributed by atoms with Gasteiger partial charge in [0.05, 0.1) is 6.26 Å². The number of ketones is 1. The minimum absolute atomic E-state index is 0.0440. The molecule has 0 amide bonds. The zero-order valence-electron chi connectivity index (χ0n) is 7.01. The molecule has 0 aromatic carbocycles. The summed E-state index contributed by atoms with van der Waals surface area (Å²) in [6.07, 6.45) is 2.78. The molecule has 0 aromatic rings. The van der Waals surface area contributed by atoms with E-state index in [9.17, 15) is 4.79 Å². The van der Waals surface area contributed by atoms with E-state index < -0.39 is 0 Å². The molecule has 0 fully saturated rings. The molecule has 11 heavy (non-hydrogen) atoms. The second-order valence-corrected chi connectivity index (χ2v) is 3.42. The third kappa shape index (κ3) is 1.09. The first kappa shape index (κ1) is 8.05. The Labute approximate surface area is 66.2 Å². The second kappa shape index (κ2) is 2.22. The van der Waals surface area contributed by atoms with E-state index in [0.717, 1.165) is 11.8 Å². The van der Waals surface area contributed by atoms with Crippen molar-refractivity contribution in [2.75, 3.05) is 0 Å². The highest BCUT2D eigenvalue weighted by Gasteiger charge is 2.33. The molecule has 1 rings (SSSR count). The highest BCUT2D eigenvalue weighted by molar-refractivity contribution is 6.11. The van der Waals surface area contributed by atoms with Crippen LogP contribution in [0, 0.1) is 5.41 Å².